The van der Waals surface area contributed by atoms with E-state index in [4.69, 9.17) is 9.97 Å². The zero-order valence-electron chi connectivity index (χ0n) is 36.8. The summed E-state index contributed by atoms with van der Waals surface area (Å²) in [6.07, 6.45) is 0. The van der Waals surface area contributed by atoms with E-state index in [-0.39, 0.29) is 5.41 Å². The van der Waals surface area contributed by atoms with Gasteiger partial charge in [0.15, 0.2) is 5.82 Å². The van der Waals surface area contributed by atoms with Gasteiger partial charge in [-0.2, -0.15) is 0 Å². The first-order chi connectivity index (χ1) is 32.5. The summed E-state index contributed by atoms with van der Waals surface area (Å²) in [6, 6.07) is 84.3. The molecule has 1 heterocycles. The Morgan fingerprint density at radius 2 is 0.833 bits per heavy atom. The molecule has 0 atom stereocenters. The lowest BCUT2D eigenvalue weighted by Gasteiger charge is -2.34. The second kappa shape index (κ2) is 14.7. The lowest BCUT2D eigenvalue weighted by molar-refractivity contribution is 0.663. The highest BCUT2D eigenvalue weighted by atomic mass is 14.9. The summed E-state index contributed by atoms with van der Waals surface area (Å²) in [5.74, 6) is 0.702. The number of hydrogen-bond acceptors (Lipinski definition) is 2. The van der Waals surface area contributed by atoms with Gasteiger partial charge in [0.2, 0.25) is 0 Å². The number of benzene rings is 10. The standard InChI is InChI=1S/C64H44N2/c1-63(2)57-38-43-22-13-12-21-42(43)37-55(57)53-31-18-30-52(61(53)63)49-35-36-54(48-28-15-14-27-47(48)49)62-65-59(41-19-6-3-7-20-41)40-60(66-62)44-33-34-51-50-29-16-17-32-56(50)64(58(51)39-44,45-23-8-4-9-24-45)46-25-10-5-11-26-46/h3-40H,1-2H3. The van der Waals surface area contributed by atoms with Crippen LogP contribution in [0.5, 0.6) is 0 Å². The summed E-state index contributed by atoms with van der Waals surface area (Å²) < 4.78 is 0. The second-order valence-electron chi connectivity index (χ2n) is 18.4. The summed E-state index contributed by atoms with van der Waals surface area (Å²) in [5.41, 5.74) is 19.6. The van der Waals surface area contributed by atoms with Crippen LogP contribution in [0.25, 0.3) is 88.8 Å². The highest BCUT2D eigenvalue weighted by Crippen LogP contribution is 2.57. The molecule has 2 nitrogen and oxygen atoms in total. The predicted molar refractivity (Wildman–Crippen MR) is 274 cm³/mol. The van der Waals surface area contributed by atoms with Gasteiger partial charge in [-0.3, -0.25) is 0 Å². The Bertz CT molecular complexity index is 3680. The maximum Gasteiger partial charge on any atom is 0.161 e. The third-order valence-corrected chi connectivity index (χ3v) is 14.5. The third kappa shape index (κ3) is 5.61. The van der Waals surface area contributed by atoms with Gasteiger partial charge in [-0.05, 0) is 119 Å². The van der Waals surface area contributed by atoms with E-state index in [0.717, 1.165) is 33.5 Å². The molecule has 13 rings (SSSR count). The molecule has 0 amide bonds. The van der Waals surface area contributed by atoms with Crippen molar-refractivity contribution < 1.29 is 0 Å². The minimum Gasteiger partial charge on any atom is -0.228 e. The molecule has 2 heteroatoms. The molecule has 0 aliphatic heterocycles. The fourth-order valence-corrected chi connectivity index (χ4v) is 11.6. The van der Waals surface area contributed by atoms with Gasteiger partial charge in [-0.15, -0.1) is 0 Å². The Kier molecular flexibility index (Phi) is 8.51. The van der Waals surface area contributed by atoms with E-state index in [2.05, 4.69) is 244 Å². The van der Waals surface area contributed by atoms with E-state index in [1.807, 2.05) is 0 Å². The molecule has 2 aliphatic carbocycles. The van der Waals surface area contributed by atoms with E-state index in [0.29, 0.717) is 5.82 Å². The third-order valence-electron chi connectivity index (χ3n) is 14.5. The number of nitrogens with zero attached hydrogens (tertiary/aromatic N) is 2. The van der Waals surface area contributed by atoms with Crippen LogP contribution in [0.3, 0.4) is 0 Å². The van der Waals surface area contributed by atoms with Crippen LogP contribution in [0.2, 0.25) is 0 Å². The van der Waals surface area contributed by atoms with Crippen molar-refractivity contribution in [2.24, 2.45) is 0 Å². The molecule has 0 spiro atoms. The lowest BCUT2D eigenvalue weighted by Crippen LogP contribution is -2.28. The van der Waals surface area contributed by atoms with Crippen molar-refractivity contribution in [3.05, 3.63) is 264 Å². The molecule has 0 radical (unpaired) electrons. The molecular weight excluding hydrogens is 797 g/mol. The van der Waals surface area contributed by atoms with E-state index in [9.17, 15) is 0 Å². The molecule has 310 valence electrons. The van der Waals surface area contributed by atoms with Gasteiger partial charge in [-0.1, -0.05) is 214 Å². The van der Waals surface area contributed by atoms with Crippen molar-refractivity contribution >= 4 is 21.5 Å². The van der Waals surface area contributed by atoms with Gasteiger partial charge in [-0.25, -0.2) is 9.97 Å². The predicted octanol–water partition coefficient (Wildman–Crippen LogP) is 16.1. The number of fused-ring (bicyclic) bond motifs is 8. The number of hydrogen-bond donors (Lipinski definition) is 0. The smallest absolute Gasteiger partial charge is 0.161 e. The maximum atomic E-state index is 5.54. The quantitative estimate of drug-likeness (QED) is 0.167. The first-order valence-electron chi connectivity index (χ1n) is 23.0. The van der Waals surface area contributed by atoms with Crippen LogP contribution >= 0.6 is 0 Å². The fraction of sp³-hybridized carbons (Fsp3) is 0.0625. The molecule has 2 aliphatic rings. The Hall–Kier alpha value is -8.20. The van der Waals surface area contributed by atoms with Crippen LogP contribution < -0.4 is 0 Å². The van der Waals surface area contributed by atoms with Gasteiger partial charge in [0.05, 0.1) is 16.8 Å². The van der Waals surface area contributed by atoms with Crippen LogP contribution in [-0.2, 0) is 10.8 Å². The van der Waals surface area contributed by atoms with E-state index in [1.165, 1.54) is 82.9 Å². The SMILES string of the molecule is CC1(C)c2cc3ccccc3cc2-c2cccc(-c3ccc(-c4nc(-c5ccccc5)cc(-c5ccc6c(c5)C(c5ccccc5)(c5ccccc5)c5ccccc5-6)n4)c4ccccc34)c21. The Morgan fingerprint density at radius 1 is 0.318 bits per heavy atom. The minimum absolute atomic E-state index is 0.192. The summed E-state index contributed by atoms with van der Waals surface area (Å²) in [4.78, 5) is 10.9. The lowest BCUT2D eigenvalue weighted by atomic mass is 9.67. The minimum atomic E-state index is -0.518. The molecule has 0 saturated heterocycles. The molecule has 1 aromatic heterocycles. The summed E-state index contributed by atoms with van der Waals surface area (Å²) in [6.45, 7) is 4.77. The van der Waals surface area contributed by atoms with Crippen LogP contribution in [0.1, 0.15) is 47.2 Å². The Morgan fingerprint density at radius 3 is 1.55 bits per heavy atom. The summed E-state index contributed by atoms with van der Waals surface area (Å²) in [7, 11) is 0. The van der Waals surface area contributed by atoms with Gasteiger partial charge >= 0.3 is 0 Å². The molecule has 0 fully saturated rings. The topological polar surface area (TPSA) is 25.8 Å². The first-order valence-corrected chi connectivity index (χ1v) is 23.0. The van der Waals surface area contributed by atoms with Crippen molar-refractivity contribution in [1.29, 1.82) is 0 Å². The molecule has 10 aromatic carbocycles. The van der Waals surface area contributed by atoms with Gasteiger partial charge in [0, 0.05) is 22.1 Å². The Labute approximate surface area is 385 Å². The zero-order chi connectivity index (χ0) is 44.0. The second-order valence-corrected chi connectivity index (χ2v) is 18.4. The highest BCUT2D eigenvalue weighted by Gasteiger charge is 2.46. The summed E-state index contributed by atoms with van der Waals surface area (Å²) in [5, 5.41) is 4.86. The average Bonchev–Trinajstić information content (AvgIpc) is 3.80. The average molecular weight is 841 g/mol. The normalized spacial score (nSPS) is 13.8. The largest absolute Gasteiger partial charge is 0.228 e. The van der Waals surface area contributed by atoms with Crippen molar-refractivity contribution in [3.8, 4) is 67.3 Å². The van der Waals surface area contributed by atoms with Crippen LogP contribution in [0.15, 0.2) is 231 Å². The monoisotopic (exact) mass is 840 g/mol. The van der Waals surface area contributed by atoms with Crippen LogP contribution in [0.4, 0.5) is 0 Å². The van der Waals surface area contributed by atoms with Gasteiger partial charge < -0.3 is 0 Å². The molecule has 0 bridgehead atoms. The van der Waals surface area contributed by atoms with Crippen molar-refractivity contribution in [1.82, 2.24) is 9.97 Å². The van der Waals surface area contributed by atoms with E-state index < -0.39 is 5.41 Å². The van der Waals surface area contributed by atoms with Crippen molar-refractivity contribution in [2.45, 2.75) is 24.7 Å². The molecule has 0 N–H and O–H groups in total. The number of aromatic nitrogens is 2. The zero-order valence-corrected chi connectivity index (χ0v) is 36.8. The molecule has 0 saturated carbocycles. The molecular formula is C64H44N2. The van der Waals surface area contributed by atoms with Crippen molar-refractivity contribution in [3.63, 3.8) is 0 Å². The van der Waals surface area contributed by atoms with Crippen molar-refractivity contribution in [2.75, 3.05) is 0 Å². The van der Waals surface area contributed by atoms with Gasteiger partial charge in [0.1, 0.15) is 0 Å². The molecule has 0 unspecified atom stereocenters. The van der Waals surface area contributed by atoms with E-state index >= 15 is 0 Å². The Balaban J connectivity index is 1.01. The van der Waals surface area contributed by atoms with Crippen LogP contribution in [-0.4, -0.2) is 9.97 Å². The maximum absolute atomic E-state index is 5.54. The van der Waals surface area contributed by atoms with E-state index in [1.54, 1.807) is 0 Å². The van der Waals surface area contributed by atoms with Gasteiger partial charge in [0.25, 0.3) is 0 Å². The summed E-state index contributed by atoms with van der Waals surface area (Å²) >= 11 is 0. The highest BCUT2D eigenvalue weighted by molar-refractivity contribution is 6.06. The first kappa shape index (κ1) is 38.3. The number of rotatable bonds is 6. The molecule has 11 aromatic rings. The molecule has 66 heavy (non-hydrogen) atoms. The van der Waals surface area contributed by atoms with Crippen LogP contribution in [0, 0.1) is 0 Å². The fourth-order valence-electron chi connectivity index (χ4n) is 11.6.